The minimum atomic E-state index is -0.245. The van der Waals surface area contributed by atoms with Gasteiger partial charge in [-0.25, -0.2) is 4.98 Å². The lowest BCUT2D eigenvalue weighted by Gasteiger charge is -2.30. The van der Waals surface area contributed by atoms with Crippen molar-refractivity contribution in [2.75, 3.05) is 13.2 Å². The summed E-state index contributed by atoms with van der Waals surface area (Å²) in [6, 6.07) is 1.91. The van der Waals surface area contributed by atoms with E-state index >= 15 is 0 Å². The van der Waals surface area contributed by atoms with Gasteiger partial charge in [-0.1, -0.05) is 0 Å². The van der Waals surface area contributed by atoms with Gasteiger partial charge in [0.25, 0.3) is 5.91 Å². The van der Waals surface area contributed by atoms with Gasteiger partial charge >= 0.3 is 0 Å². The molecule has 1 atom stereocenters. The fourth-order valence-electron chi connectivity index (χ4n) is 3.17. The maximum Gasteiger partial charge on any atom is 0.252 e. The SMILES string of the molecule is O=C([C@@H]1CCCO1)N1CCn2c(Cn3cccn3)cnc2C1. The Bertz CT molecular complexity index is 658. The zero-order chi connectivity index (χ0) is 14.9. The number of carbonyl (C=O) groups excluding carboxylic acids is 1. The van der Waals surface area contributed by atoms with Gasteiger partial charge in [0.2, 0.25) is 0 Å². The number of ether oxygens (including phenoxy) is 1. The first-order chi connectivity index (χ1) is 10.8. The van der Waals surface area contributed by atoms with Gasteiger partial charge in [-0.2, -0.15) is 5.10 Å². The maximum absolute atomic E-state index is 12.4. The zero-order valence-electron chi connectivity index (χ0n) is 12.4. The summed E-state index contributed by atoms with van der Waals surface area (Å²) < 4.78 is 9.58. The van der Waals surface area contributed by atoms with Gasteiger partial charge in [-0.05, 0) is 18.9 Å². The Kier molecular flexibility index (Phi) is 3.42. The van der Waals surface area contributed by atoms with E-state index in [0.29, 0.717) is 26.2 Å². The average molecular weight is 301 g/mol. The van der Waals surface area contributed by atoms with Crippen LogP contribution < -0.4 is 0 Å². The van der Waals surface area contributed by atoms with Crippen LogP contribution in [0.4, 0.5) is 0 Å². The van der Waals surface area contributed by atoms with Gasteiger partial charge in [-0.3, -0.25) is 9.48 Å². The van der Waals surface area contributed by atoms with Crippen molar-refractivity contribution in [3.8, 4) is 0 Å². The van der Waals surface area contributed by atoms with Crippen molar-refractivity contribution in [2.45, 2.75) is 38.6 Å². The van der Waals surface area contributed by atoms with E-state index in [1.54, 1.807) is 6.20 Å². The van der Waals surface area contributed by atoms with Gasteiger partial charge in [0, 0.05) is 32.1 Å². The Balaban J connectivity index is 1.48. The third kappa shape index (κ3) is 2.41. The Morgan fingerprint density at radius 3 is 3.14 bits per heavy atom. The molecular formula is C15H19N5O2. The summed E-state index contributed by atoms with van der Waals surface area (Å²) in [5, 5.41) is 4.23. The quantitative estimate of drug-likeness (QED) is 0.835. The van der Waals surface area contributed by atoms with Crippen molar-refractivity contribution in [2.24, 2.45) is 0 Å². The van der Waals surface area contributed by atoms with E-state index in [-0.39, 0.29) is 12.0 Å². The van der Waals surface area contributed by atoms with Gasteiger partial charge < -0.3 is 14.2 Å². The monoisotopic (exact) mass is 301 g/mol. The lowest BCUT2D eigenvalue weighted by molar-refractivity contribution is -0.142. The summed E-state index contributed by atoms with van der Waals surface area (Å²) in [5.41, 5.74) is 1.13. The van der Waals surface area contributed by atoms with Gasteiger partial charge in [-0.15, -0.1) is 0 Å². The molecule has 4 rings (SSSR count). The number of carbonyl (C=O) groups is 1. The Hall–Kier alpha value is -2.15. The molecule has 0 saturated carbocycles. The topological polar surface area (TPSA) is 65.2 Å². The molecule has 0 radical (unpaired) electrons. The van der Waals surface area contributed by atoms with Crippen molar-refractivity contribution in [3.63, 3.8) is 0 Å². The zero-order valence-corrected chi connectivity index (χ0v) is 12.4. The van der Waals surface area contributed by atoms with E-state index in [0.717, 1.165) is 30.9 Å². The molecule has 0 aromatic carbocycles. The van der Waals surface area contributed by atoms with Crippen LogP contribution in [0.5, 0.6) is 0 Å². The minimum absolute atomic E-state index is 0.111. The molecule has 1 amide bonds. The summed E-state index contributed by atoms with van der Waals surface area (Å²) in [6.07, 6.45) is 7.18. The largest absolute Gasteiger partial charge is 0.368 e. The highest BCUT2D eigenvalue weighted by atomic mass is 16.5. The summed E-state index contributed by atoms with van der Waals surface area (Å²) in [5.74, 6) is 1.06. The van der Waals surface area contributed by atoms with Crippen LogP contribution in [0, 0.1) is 0 Å². The second-order valence-corrected chi connectivity index (χ2v) is 5.78. The van der Waals surface area contributed by atoms with Gasteiger partial charge in [0.05, 0.1) is 25.0 Å². The molecule has 1 saturated heterocycles. The first-order valence-corrected chi connectivity index (χ1v) is 7.72. The highest BCUT2D eigenvalue weighted by Crippen LogP contribution is 2.20. The Morgan fingerprint density at radius 2 is 2.36 bits per heavy atom. The maximum atomic E-state index is 12.4. The number of hydrogen-bond donors (Lipinski definition) is 0. The number of rotatable bonds is 3. The molecule has 0 bridgehead atoms. The number of imidazole rings is 1. The van der Waals surface area contributed by atoms with E-state index in [1.807, 2.05) is 28.0 Å². The molecule has 2 aliphatic rings. The van der Waals surface area contributed by atoms with Crippen LogP contribution in [0.2, 0.25) is 0 Å². The molecule has 0 spiro atoms. The number of hydrogen-bond acceptors (Lipinski definition) is 4. The van der Waals surface area contributed by atoms with E-state index in [2.05, 4.69) is 14.6 Å². The molecular weight excluding hydrogens is 282 g/mol. The standard InChI is InChI=1S/C15H19N5O2/c21-15(13-3-1-8-22-13)18-6-7-20-12(9-16-14(20)11-18)10-19-5-2-4-17-19/h2,4-5,9,13H,1,3,6-8,10-11H2/t13-/m0/s1. The van der Waals surface area contributed by atoms with Crippen LogP contribution >= 0.6 is 0 Å². The predicted octanol–water partition coefficient (Wildman–Crippen LogP) is 0.649. The minimum Gasteiger partial charge on any atom is -0.368 e. The fourth-order valence-corrected chi connectivity index (χ4v) is 3.17. The van der Waals surface area contributed by atoms with E-state index in [1.165, 1.54) is 0 Å². The molecule has 0 N–H and O–H groups in total. The van der Waals surface area contributed by atoms with E-state index < -0.39 is 0 Å². The summed E-state index contributed by atoms with van der Waals surface area (Å²) in [6.45, 7) is 3.48. The molecule has 1 fully saturated rings. The normalized spacial score (nSPS) is 21.1. The van der Waals surface area contributed by atoms with Gasteiger partial charge in [0.15, 0.2) is 0 Å². The Labute approximate surface area is 128 Å². The number of nitrogens with zero attached hydrogens (tertiary/aromatic N) is 5. The molecule has 2 aromatic heterocycles. The summed E-state index contributed by atoms with van der Waals surface area (Å²) in [7, 11) is 0. The fraction of sp³-hybridized carbons (Fsp3) is 0.533. The van der Waals surface area contributed by atoms with Crippen molar-refractivity contribution >= 4 is 5.91 Å². The molecule has 116 valence electrons. The van der Waals surface area contributed by atoms with E-state index in [4.69, 9.17) is 4.74 Å². The third-order valence-electron chi connectivity index (χ3n) is 4.35. The van der Waals surface area contributed by atoms with Crippen molar-refractivity contribution < 1.29 is 9.53 Å². The van der Waals surface area contributed by atoms with Crippen LogP contribution in [0.25, 0.3) is 0 Å². The average Bonchev–Trinajstić information content (AvgIpc) is 3.29. The van der Waals surface area contributed by atoms with Crippen molar-refractivity contribution in [3.05, 3.63) is 36.2 Å². The first kappa shape index (κ1) is 13.5. The Morgan fingerprint density at radius 1 is 1.41 bits per heavy atom. The highest BCUT2D eigenvalue weighted by Gasteiger charge is 2.31. The molecule has 22 heavy (non-hydrogen) atoms. The highest BCUT2D eigenvalue weighted by molar-refractivity contribution is 5.81. The lowest BCUT2D eigenvalue weighted by atomic mass is 10.2. The van der Waals surface area contributed by atoms with Crippen molar-refractivity contribution in [1.82, 2.24) is 24.2 Å². The second kappa shape index (κ2) is 5.57. The van der Waals surface area contributed by atoms with Crippen molar-refractivity contribution in [1.29, 1.82) is 0 Å². The molecule has 0 unspecified atom stereocenters. The summed E-state index contributed by atoms with van der Waals surface area (Å²) in [4.78, 5) is 18.8. The van der Waals surface area contributed by atoms with Crippen LogP contribution in [0.3, 0.4) is 0 Å². The third-order valence-corrected chi connectivity index (χ3v) is 4.35. The molecule has 7 heteroatoms. The van der Waals surface area contributed by atoms with Crippen LogP contribution in [0.15, 0.2) is 24.7 Å². The second-order valence-electron chi connectivity index (χ2n) is 5.78. The molecule has 4 heterocycles. The number of amides is 1. The smallest absolute Gasteiger partial charge is 0.252 e. The number of fused-ring (bicyclic) bond motifs is 1. The summed E-state index contributed by atoms with van der Waals surface area (Å²) >= 11 is 0. The van der Waals surface area contributed by atoms with E-state index in [9.17, 15) is 4.79 Å². The molecule has 2 aromatic rings. The number of aromatic nitrogens is 4. The van der Waals surface area contributed by atoms with Crippen LogP contribution in [0.1, 0.15) is 24.4 Å². The van der Waals surface area contributed by atoms with Crippen LogP contribution in [-0.2, 0) is 29.2 Å². The first-order valence-electron chi connectivity index (χ1n) is 7.72. The molecule has 2 aliphatic heterocycles. The van der Waals surface area contributed by atoms with Gasteiger partial charge in [0.1, 0.15) is 11.9 Å². The predicted molar refractivity (Wildman–Crippen MR) is 77.9 cm³/mol. The molecule has 0 aliphatic carbocycles. The molecule has 7 nitrogen and oxygen atoms in total. The van der Waals surface area contributed by atoms with Crippen LogP contribution in [-0.4, -0.2) is 49.4 Å². The lowest BCUT2D eigenvalue weighted by Crippen LogP contribution is -2.43.